The maximum Gasteiger partial charge on any atom is 0.332 e. The molecular weight excluding hydrogens is 406 g/mol. The summed E-state index contributed by atoms with van der Waals surface area (Å²) in [6.45, 7) is 4.29. The van der Waals surface area contributed by atoms with Crippen LogP contribution in [0.15, 0.2) is 48.5 Å². The Morgan fingerprint density at radius 1 is 1.10 bits per heavy atom. The van der Waals surface area contributed by atoms with Crippen molar-refractivity contribution in [3.63, 3.8) is 0 Å². The average molecular weight is 430 g/mol. The van der Waals surface area contributed by atoms with Crippen LogP contribution in [0.5, 0.6) is 5.75 Å². The van der Waals surface area contributed by atoms with Crippen molar-refractivity contribution in [3.8, 4) is 5.75 Å². The molecule has 1 fully saturated rings. The number of methoxy groups -OCH3 is 1. The summed E-state index contributed by atoms with van der Waals surface area (Å²) in [5, 5.41) is 3.31. The lowest BCUT2D eigenvalue weighted by molar-refractivity contribution is -0.124. The van der Waals surface area contributed by atoms with E-state index in [0.29, 0.717) is 28.7 Å². The average Bonchev–Trinajstić information content (AvgIpc) is 2.93. The van der Waals surface area contributed by atoms with Gasteiger partial charge in [0, 0.05) is 17.3 Å². The molecular formula is C22H24ClN3O4. The normalized spacial score (nSPS) is 16.4. The molecule has 1 saturated heterocycles. The molecule has 1 N–H and O–H groups in total. The van der Waals surface area contributed by atoms with Crippen molar-refractivity contribution in [1.82, 2.24) is 4.90 Å². The van der Waals surface area contributed by atoms with Gasteiger partial charge in [-0.2, -0.15) is 0 Å². The Labute approximate surface area is 180 Å². The minimum absolute atomic E-state index is 0.132. The maximum atomic E-state index is 13.1. The molecule has 0 radical (unpaired) electrons. The second-order valence-electron chi connectivity index (χ2n) is 7.48. The van der Waals surface area contributed by atoms with E-state index in [1.807, 2.05) is 13.8 Å². The number of halogens is 1. The van der Waals surface area contributed by atoms with Crippen molar-refractivity contribution in [3.05, 3.63) is 53.6 Å². The van der Waals surface area contributed by atoms with Crippen LogP contribution in [0.4, 0.5) is 16.2 Å². The van der Waals surface area contributed by atoms with E-state index in [0.717, 1.165) is 4.90 Å². The summed E-state index contributed by atoms with van der Waals surface area (Å²) in [6, 6.07) is 12.1. The van der Waals surface area contributed by atoms with Crippen LogP contribution in [-0.2, 0) is 9.59 Å². The number of nitrogens with one attached hydrogen (secondary N) is 1. The Balaban J connectivity index is 1.81. The van der Waals surface area contributed by atoms with Crippen molar-refractivity contribution in [2.45, 2.75) is 26.3 Å². The molecule has 7 nitrogen and oxygen atoms in total. The predicted molar refractivity (Wildman–Crippen MR) is 116 cm³/mol. The smallest absolute Gasteiger partial charge is 0.332 e. The standard InChI is InChI=1S/C22H24ClN3O4/c1-14(2)13-25-19(12-20(27)24-16-6-4-15(23)5-7-16)21(28)26(22(25)29)17-8-10-18(30-3)11-9-17/h4-11,14,19H,12-13H2,1-3H3,(H,24,27). The van der Waals surface area contributed by atoms with Crippen LogP contribution in [0.3, 0.4) is 0 Å². The summed E-state index contributed by atoms with van der Waals surface area (Å²) < 4.78 is 5.14. The van der Waals surface area contributed by atoms with E-state index in [-0.39, 0.29) is 18.2 Å². The molecule has 2 aromatic rings. The lowest BCUT2D eigenvalue weighted by Crippen LogP contribution is -2.40. The quantitative estimate of drug-likeness (QED) is 0.670. The molecule has 0 bridgehead atoms. The highest BCUT2D eigenvalue weighted by Crippen LogP contribution is 2.29. The first-order chi connectivity index (χ1) is 14.3. The number of anilines is 2. The van der Waals surface area contributed by atoms with E-state index in [9.17, 15) is 14.4 Å². The van der Waals surface area contributed by atoms with E-state index in [4.69, 9.17) is 16.3 Å². The number of carbonyl (C=O) groups excluding carboxylic acids is 3. The Hall–Kier alpha value is -3.06. The van der Waals surface area contributed by atoms with E-state index < -0.39 is 18.0 Å². The number of carbonyl (C=O) groups is 3. The molecule has 8 heteroatoms. The molecule has 0 saturated carbocycles. The van der Waals surface area contributed by atoms with Crippen LogP contribution in [-0.4, -0.2) is 42.4 Å². The zero-order valence-electron chi connectivity index (χ0n) is 17.1. The van der Waals surface area contributed by atoms with Crippen LogP contribution in [0.2, 0.25) is 5.02 Å². The van der Waals surface area contributed by atoms with Gasteiger partial charge in [-0.25, -0.2) is 9.69 Å². The number of hydrogen-bond acceptors (Lipinski definition) is 4. The van der Waals surface area contributed by atoms with Gasteiger partial charge in [-0.3, -0.25) is 9.59 Å². The number of ether oxygens (including phenoxy) is 1. The fourth-order valence-corrected chi connectivity index (χ4v) is 3.45. The van der Waals surface area contributed by atoms with E-state index >= 15 is 0 Å². The monoisotopic (exact) mass is 429 g/mol. The second kappa shape index (κ2) is 9.17. The summed E-state index contributed by atoms with van der Waals surface area (Å²) >= 11 is 5.87. The van der Waals surface area contributed by atoms with Gasteiger partial charge >= 0.3 is 6.03 Å². The summed E-state index contributed by atoms with van der Waals surface area (Å²) in [4.78, 5) is 41.4. The van der Waals surface area contributed by atoms with Gasteiger partial charge in [0.1, 0.15) is 11.8 Å². The minimum atomic E-state index is -0.866. The van der Waals surface area contributed by atoms with Gasteiger partial charge in [-0.15, -0.1) is 0 Å². The Morgan fingerprint density at radius 2 is 1.73 bits per heavy atom. The van der Waals surface area contributed by atoms with Gasteiger partial charge in [-0.1, -0.05) is 25.4 Å². The molecule has 1 unspecified atom stereocenters. The largest absolute Gasteiger partial charge is 0.497 e. The molecule has 158 valence electrons. The van der Waals surface area contributed by atoms with Gasteiger partial charge in [0.25, 0.3) is 5.91 Å². The summed E-state index contributed by atoms with van der Waals surface area (Å²) in [6.07, 6.45) is -0.132. The molecule has 4 amide bonds. The third-order valence-corrected chi connectivity index (χ3v) is 4.97. The fourth-order valence-electron chi connectivity index (χ4n) is 3.32. The van der Waals surface area contributed by atoms with Crippen LogP contribution in [0.1, 0.15) is 20.3 Å². The van der Waals surface area contributed by atoms with Crippen molar-refractivity contribution < 1.29 is 19.1 Å². The highest BCUT2D eigenvalue weighted by molar-refractivity contribution is 6.30. The third-order valence-electron chi connectivity index (χ3n) is 4.72. The van der Waals surface area contributed by atoms with Crippen LogP contribution in [0, 0.1) is 5.92 Å². The summed E-state index contributed by atoms with van der Waals surface area (Å²) in [5.41, 5.74) is 1.02. The first-order valence-corrected chi connectivity index (χ1v) is 10.0. The summed E-state index contributed by atoms with van der Waals surface area (Å²) in [5.74, 6) is -0.0129. The van der Waals surface area contributed by atoms with E-state index in [2.05, 4.69) is 5.32 Å². The molecule has 1 atom stereocenters. The zero-order chi connectivity index (χ0) is 21.8. The van der Waals surface area contributed by atoms with Gasteiger partial charge in [-0.05, 0) is 54.4 Å². The number of rotatable bonds is 7. The first-order valence-electron chi connectivity index (χ1n) is 9.64. The second-order valence-corrected chi connectivity index (χ2v) is 7.91. The Kier molecular flexibility index (Phi) is 6.62. The minimum Gasteiger partial charge on any atom is -0.497 e. The molecule has 2 aromatic carbocycles. The highest BCUT2D eigenvalue weighted by atomic mass is 35.5. The molecule has 3 rings (SSSR count). The number of imide groups is 1. The zero-order valence-corrected chi connectivity index (χ0v) is 17.8. The predicted octanol–water partition coefficient (Wildman–Crippen LogP) is 4.17. The third kappa shape index (κ3) is 4.74. The highest BCUT2D eigenvalue weighted by Gasteiger charge is 2.46. The number of nitrogens with zero attached hydrogens (tertiary/aromatic N) is 2. The molecule has 0 spiro atoms. The molecule has 1 aliphatic rings. The van der Waals surface area contributed by atoms with Crippen LogP contribution in [0.25, 0.3) is 0 Å². The maximum absolute atomic E-state index is 13.1. The lowest BCUT2D eigenvalue weighted by atomic mass is 10.1. The van der Waals surface area contributed by atoms with Crippen molar-refractivity contribution in [2.24, 2.45) is 5.92 Å². The molecule has 0 aliphatic carbocycles. The number of benzene rings is 2. The van der Waals surface area contributed by atoms with Gasteiger partial charge in [0.05, 0.1) is 19.2 Å². The van der Waals surface area contributed by atoms with Crippen molar-refractivity contribution in [1.29, 1.82) is 0 Å². The molecule has 1 heterocycles. The summed E-state index contributed by atoms with van der Waals surface area (Å²) in [7, 11) is 1.54. The SMILES string of the molecule is COc1ccc(N2C(=O)C(CC(=O)Nc3ccc(Cl)cc3)N(CC(C)C)C2=O)cc1. The van der Waals surface area contributed by atoms with Crippen LogP contribution >= 0.6 is 11.6 Å². The van der Waals surface area contributed by atoms with Crippen molar-refractivity contribution >= 4 is 40.8 Å². The van der Waals surface area contributed by atoms with Crippen LogP contribution < -0.4 is 15.0 Å². The number of urea groups is 1. The van der Waals surface area contributed by atoms with E-state index in [1.54, 1.807) is 55.6 Å². The number of hydrogen-bond donors (Lipinski definition) is 1. The number of amides is 4. The van der Waals surface area contributed by atoms with Gasteiger partial charge < -0.3 is 15.0 Å². The molecule has 0 aromatic heterocycles. The van der Waals surface area contributed by atoms with E-state index in [1.165, 1.54) is 4.90 Å². The lowest BCUT2D eigenvalue weighted by Gasteiger charge is -2.23. The molecule has 1 aliphatic heterocycles. The Bertz CT molecular complexity index is 928. The van der Waals surface area contributed by atoms with Gasteiger partial charge in [0.15, 0.2) is 0 Å². The van der Waals surface area contributed by atoms with Crippen molar-refractivity contribution in [2.75, 3.05) is 23.9 Å². The van der Waals surface area contributed by atoms with Gasteiger partial charge in [0.2, 0.25) is 5.91 Å². The molecule has 30 heavy (non-hydrogen) atoms. The first kappa shape index (κ1) is 21.6. The fraction of sp³-hybridized carbons (Fsp3) is 0.318. The topological polar surface area (TPSA) is 79.0 Å². The Morgan fingerprint density at radius 3 is 2.30 bits per heavy atom.